The molecule has 1 amide bonds. The van der Waals surface area contributed by atoms with Crippen LogP contribution in [-0.4, -0.2) is 43.6 Å². The van der Waals surface area contributed by atoms with Crippen molar-refractivity contribution in [1.82, 2.24) is 4.90 Å². The van der Waals surface area contributed by atoms with Crippen molar-refractivity contribution in [3.05, 3.63) is 58.1 Å². The molecule has 26 heavy (non-hydrogen) atoms. The zero-order chi connectivity index (χ0) is 18.7. The Morgan fingerprint density at radius 1 is 1.00 bits per heavy atom. The molecule has 3 rings (SSSR count). The van der Waals surface area contributed by atoms with Crippen LogP contribution in [0.5, 0.6) is 5.75 Å². The topological polar surface area (TPSA) is 32.8 Å². The van der Waals surface area contributed by atoms with Crippen LogP contribution in [0, 0.1) is 20.8 Å². The number of halogens is 1. The summed E-state index contributed by atoms with van der Waals surface area (Å²) in [5.41, 5.74) is 4.46. The van der Waals surface area contributed by atoms with Crippen LogP contribution < -0.4 is 9.64 Å². The van der Waals surface area contributed by atoms with Crippen molar-refractivity contribution < 1.29 is 9.53 Å². The van der Waals surface area contributed by atoms with E-state index in [2.05, 4.69) is 11.8 Å². The quantitative estimate of drug-likeness (QED) is 0.813. The number of hydrogen-bond acceptors (Lipinski definition) is 3. The fraction of sp³-hybridized carbons (Fsp3) is 0.381. The molecule has 0 atom stereocenters. The van der Waals surface area contributed by atoms with Crippen molar-refractivity contribution in [3.63, 3.8) is 0 Å². The number of para-hydroxylation sites is 1. The Balaban J connectivity index is 1.56. The number of carbonyl (C=O) groups excluding carboxylic acids is 1. The van der Waals surface area contributed by atoms with Gasteiger partial charge < -0.3 is 14.5 Å². The van der Waals surface area contributed by atoms with E-state index in [1.54, 1.807) is 0 Å². The highest BCUT2D eigenvalue weighted by molar-refractivity contribution is 6.30. The van der Waals surface area contributed by atoms with Gasteiger partial charge in [0.25, 0.3) is 5.91 Å². The lowest BCUT2D eigenvalue weighted by Crippen LogP contribution is -2.50. The normalized spacial score (nSPS) is 14.5. The maximum absolute atomic E-state index is 12.5. The van der Waals surface area contributed by atoms with Gasteiger partial charge in [-0.3, -0.25) is 4.79 Å². The van der Waals surface area contributed by atoms with Crippen LogP contribution in [0.1, 0.15) is 16.7 Å². The molecule has 1 saturated heterocycles. The molecule has 138 valence electrons. The second kappa shape index (κ2) is 8.00. The van der Waals surface area contributed by atoms with Crippen LogP contribution in [0.2, 0.25) is 5.02 Å². The van der Waals surface area contributed by atoms with Gasteiger partial charge in [0, 0.05) is 36.9 Å². The van der Waals surface area contributed by atoms with E-state index in [0.29, 0.717) is 13.1 Å². The summed E-state index contributed by atoms with van der Waals surface area (Å²) in [6.45, 7) is 9.16. The van der Waals surface area contributed by atoms with Gasteiger partial charge in [-0.25, -0.2) is 0 Å². The zero-order valence-electron chi connectivity index (χ0n) is 15.6. The van der Waals surface area contributed by atoms with Crippen molar-refractivity contribution in [1.29, 1.82) is 0 Å². The lowest BCUT2D eigenvalue weighted by Gasteiger charge is -2.36. The Bertz CT molecular complexity index is 778. The lowest BCUT2D eigenvalue weighted by atomic mass is 10.1. The number of ether oxygens (including phenoxy) is 1. The first kappa shape index (κ1) is 18.6. The third kappa shape index (κ3) is 4.13. The molecule has 0 spiro atoms. The first-order chi connectivity index (χ1) is 12.5. The summed E-state index contributed by atoms with van der Waals surface area (Å²) in [4.78, 5) is 16.7. The largest absolute Gasteiger partial charge is 0.483 e. The third-order valence-corrected chi connectivity index (χ3v) is 5.13. The van der Waals surface area contributed by atoms with E-state index in [-0.39, 0.29) is 12.5 Å². The fourth-order valence-electron chi connectivity index (χ4n) is 3.37. The molecule has 0 bridgehead atoms. The number of aryl methyl sites for hydroxylation is 3. The SMILES string of the molecule is Cc1ccc(Cl)cc1N1CCN(C(=O)COc2c(C)cccc2C)CC1. The van der Waals surface area contributed by atoms with Gasteiger partial charge in [-0.05, 0) is 49.6 Å². The minimum absolute atomic E-state index is 0.0371. The molecule has 0 aliphatic carbocycles. The summed E-state index contributed by atoms with van der Waals surface area (Å²) in [7, 11) is 0. The van der Waals surface area contributed by atoms with Gasteiger partial charge in [-0.2, -0.15) is 0 Å². The van der Waals surface area contributed by atoms with Gasteiger partial charge >= 0.3 is 0 Å². The Morgan fingerprint density at radius 2 is 1.65 bits per heavy atom. The van der Waals surface area contributed by atoms with Gasteiger partial charge in [-0.15, -0.1) is 0 Å². The van der Waals surface area contributed by atoms with E-state index in [4.69, 9.17) is 16.3 Å². The van der Waals surface area contributed by atoms with Gasteiger partial charge in [0.15, 0.2) is 6.61 Å². The summed E-state index contributed by atoms with van der Waals surface area (Å²) in [5.74, 6) is 0.851. The Morgan fingerprint density at radius 3 is 2.31 bits per heavy atom. The van der Waals surface area contributed by atoms with Crippen molar-refractivity contribution in [3.8, 4) is 5.75 Å². The highest BCUT2D eigenvalue weighted by Gasteiger charge is 2.22. The molecule has 0 aromatic heterocycles. The number of amides is 1. The van der Waals surface area contributed by atoms with Crippen molar-refractivity contribution in [2.24, 2.45) is 0 Å². The Kier molecular flexibility index (Phi) is 5.72. The summed E-state index contributed by atoms with van der Waals surface area (Å²) in [6.07, 6.45) is 0. The monoisotopic (exact) mass is 372 g/mol. The number of piperazine rings is 1. The first-order valence-corrected chi connectivity index (χ1v) is 9.31. The van der Waals surface area contributed by atoms with E-state index in [1.807, 2.05) is 55.1 Å². The molecule has 0 saturated carbocycles. The van der Waals surface area contributed by atoms with Crippen LogP contribution >= 0.6 is 11.6 Å². The van der Waals surface area contributed by atoms with E-state index in [9.17, 15) is 4.79 Å². The minimum atomic E-state index is 0.0371. The summed E-state index contributed by atoms with van der Waals surface area (Å²) in [5, 5.41) is 0.742. The highest BCUT2D eigenvalue weighted by atomic mass is 35.5. The van der Waals surface area contributed by atoms with E-state index in [1.165, 1.54) is 5.56 Å². The minimum Gasteiger partial charge on any atom is -0.483 e. The Hall–Kier alpha value is -2.20. The molecule has 2 aromatic carbocycles. The average Bonchev–Trinajstić information content (AvgIpc) is 2.63. The molecule has 0 N–H and O–H groups in total. The number of carbonyl (C=O) groups is 1. The molecular weight excluding hydrogens is 348 g/mol. The maximum atomic E-state index is 12.5. The molecule has 2 aromatic rings. The predicted molar refractivity (Wildman–Crippen MR) is 106 cm³/mol. The van der Waals surface area contributed by atoms with Crippen LogP contribution in [0.3, 0.4) is 0 Å². The molecular formula is C21H25ClN2O2. The standard InChI is InChI=1S/C21H25ClN2O2/c1-15-7-8-18(22)13-19(15)23-9-11-24(12-10-23)20(25)14-26-21-16(2)5-4-6-17(21)3/h4-8,13H,9-12,14H2,1-3H3. The van der Waals surface area contributed by atoms with Crippen LogP contribution in [0.15, 0.2) is 36.4 Å². The van der Waals surface area contributed by atoms with Crippen LogP contribution in [0.4, 0.5) is 5.69 Å². The van der Waals surface area contributed by atoms with Gasteiger partial charge in [-0.1, -0.05) is 35.9 Å². The van der Waals surface area contributed by atoms with Crippen molar-refractivity contribution >= 4 is 23.2 Å². The first-order valence-electron chi connectivity index (χ1n) is 8.93. The van der Waals surface area contributed by atoms with Gasteiger partial charge in [0.1, 0.15) is 5.75 Å². The van der Waals surface area contributed by atoms with E-state index < -0.39 is 0 Å². The average molecular weight is 373 g/mol. The number of anilines is 1. The van der Waals surface area contributed by atoms with Gasteiger partial charge in [0.05, 0.1) is 0 Å². The molecule has 0 radical (unpaired) electrons. The smallest absolute Gasteiger partial charge is 0.260 e. The van der Waals surface area contributed by atoms with E-state index >= 15 is 0 Å². The zero-order valence-corrected chi connectivity index (χ0v) is 16.3. The number of benzene rings is 2. The molecule has 4 nitrogen and oxygen atoms in total. The molecule has 1 fully saturated rings. The van der Waals surface area contributed by atoms with Crippen molar-refractivity contribution in [2.45, 2.75) is 20.8 Å². The van der Waals surface area contributed by atoms with E-state index in [0.717, 1.165) is 40.7 Å². The second-order valence-electron chi connectivity index (χ2n) is 6.81. The third-order valence-electron chi connectivity index (χ3n) is 4.89. The predicted octanol–water partition coefficient (Wildman–Crippen LogP) is 3.99. The van der Waals surface area contributed by atoms with Crippen LogP contribution in [-0.2, 0) is 4.79 Å². The molecule has 1 heterocycles. The Labute approximate surface area is 160 Å². The summed E-state index contributed by atoms with van der Waals surface area (Å²) < 4.78 is 5.81. The van der Waals surface area contributed by atoms with Crippen molar-refractivity contribution in [2.75, 3.05) is 37.7 Å². The molecule has 1 aliphatic heterocycles. The lowest BCUT2D eigenvalue weighted by molar-refractivity contribution is -0.133. The molecule has 1 aliphatic rings. The number of hydrogen-bond donors (Lipinski definition) is 0. The molecule has 5 heteroatoms. The highest BCUT2D eigenvalue weighted by Crippen LogP contribution is 2.26. The second-order valence-corrected chi connectivity index (χ2v) is 7.24. The fourth-order valence-corrected chi connectivity index (χ4v) is 3.54. The van der Waals surface area contributed by atoms with Gasteiger partial charge in [0.2, 0.25) is 0 Å². The number of nitrogens with zero attached hydrogens (tertiary/aromatic N) is 2. The summed E-state index contributed by atoms with van der Waals surface area (Å²) in [6, 6.07) is 11.9. The number of rotatable bonds is 4. The van der Waals surface area contributed by atoms with Crippen LogP contribution in [0.25, 0.3) is 0 Å². The maximum Gasteiger partial charge on any atom is 0.260 e. The summed E-state index contributed by atoms with van der Waals surface area (Å²) >= 11 is 6.13. The molecule has 0 unspecified atom stereocenters.